The number of carbonyl (C=O) groups is 1. The number of benzene rings is 1. The van der Waals surface area contributed by atoms with Gasteiger partial charge in [0.05, 0.1) is 21.8 Å². The van der Waals surface area contributed by atoms with Gasteiger partial charge in [-0.1, -0.05) is 29.8 Å². The first-order valence-corrected chi connectivity index (χ1v) is 10.1. The van der Waals surface area contributed by atoms with Crippen LogP contribution in [0.1, 0.15) is 21.8 Å². The van der Waals surface area contributed by atoms with E-state index in [1.54, 1.807) is 29.8 Å². The van der Waals surface area contributed by atoms with Gasteiger partial charge in [-0.2, -0.15) is 0 Å². The van der Waals surface area contributed by atoms with Crippen LogP contribution in [-0.4, -0.2) is 27.4 Å². The van der Waals surface area contributed by atoms with Crippen LogP contribution >= 0.6 is 22.9 Å². The predicted octanol–water partition coefficient (Wildman–Crippen LogP) is 4.77. The van der Waals surface area contributed by atoms with Gasteiger partial charge in [-0.3, -0.25) is 9.78 Å². The Hall–Kier alpha value is -2.83. The molecule has 140 valence electrons. The zero-order valence-corrected chi connectivity index (χ0v) is 16.5. The second-order valence-electron chi connectivity index (χ2n) is 6.23. The van der Waals surface area contributed by atoms with E-state index in [1.807, 2.05) is 41.8 Å². The topological polar surface area (TPSA) is 67.8 Å². The Morgan fingerprint density at radius 2 is 1.93 bits per heavy atom. The monoisotopic (exact) mass is 408 g/mol. The van der Waals surface area contributed by atoms with E-state index in [4.69, 9.17) is 11.6 Å². The lowest BCUT2D eigenvalue weighted by Gasteiger charge is -2.08. The first kappa shape index (κ1) is 18.5. The average Bonchev–Trinajstić information content (AvgIpc) is 3.20. The zero-order chi connectivity index (χ0) is 19.3. The lowest BCUT2D eigenvalue weighted by Crippen LogP contribution is -2.25. The van der Waals surface area contributed by atoms with Gasteiger partial charge in [0, 0.05) is 41.7 Å². The maximum Gasteiger partial charge on any atom is 0.252 e. The molecular formula is C21H17ClN4OS. The van der Waals surface area contributed by atoms with Crippen molar-refractivity contribution in [2.24, 2.45) is 0 Å². The van der Waals surface area contributed by atoms with Crippen LogP contribution in [0.2, 0.25) is 5.15 Å². The second-order valence-corrected chi connectivity index (χ2v) is 7.56. The summed E-state index contributed by atoms with van der Waals surface area (Å²) >= 11 is 7.69. The first-order chi connectivity index (χ1) is 13.7. The van der Waals surface area contributed by atoms with Gasteiger partial charge in [0.2, 0.25) is 0 Å². The third kappa shape index (κ3) is 4.18. The largest absolute Gasteiger partial charge is 0.352 e. The number of hydrogen-bond donors (Lipinski definition) is 1. The molecule has 0 fully saturated rings. The third-order valence-corrected chi connectivity index (χ3v) is 5.41. The summed E-state index contributed by atoms with van der Waals surface area (Å²) in [7, 11) is 0. The Balaban J connectivity index is 1.35. The number of nitrogens with one attached hydrogen (secondary N) is 1. The van der Waals surface area contributed by atoms with Crippen molar-refractivity contribution in [3.63, 3.8) is 0 Å². The number of rotatable bonds is 6. The summed E-state index contributed by atoms with van der Waals surface area (Å²) in [6.45, 7) is 0.567. The Kier molecular flexibility index (Phi) is 5.60. The maximum absolute atomic E-state index is 12.6. The molecule has 0 unspecified atom stereocenters. The summed E-state index contributed by atoms with van der Waals surface area (Å²) in [5.74, 6) is -0.142. The van der Waals surface area contributed by atoms with Crippen LogP contribution in [0.4, 0.5) is 0 Å². The molecule has 0 radical (unpaired) electrons. The maximum atomic E-state index is 12.6. The Bertz CT molecular complexity index is 1110. The van der Waals surface area contributed by atoms with Gasteiger partial charge in [-0.15, -0.1) is 11.3 Å². The first-order valence-electron chi connectivity index (χ1n) is 8.89. The lowest BCUT2D eigenvalue weighted by atomic mass is 10.1. The van der Waals surface area contributed by atoms with Crippen molar-refractivity contribution in [3.8, 4) is 11.3 Å². The summed E-state index contributed by atoms with van der Waals surface area (Å²) in [6.07, 6.45) is 5.15. The molecule has 5 nitrogen and oxygen atoms in total. The van der Waals surface area contributed by atoms with Crippen LogP contribution in [0.25, 0.3) is 22.2 Å². The number of halogens is 1. The van der Waals surface area contributed by atoms with E-state index < -0.39 is 0 Å². The van der Waals surface area contributed by atoms with Crippen LogP contribution < -0.4 is 5.32 Å². The molecule has 3 aromatic heterocycles. The number of para-hydroxylation sites is 1. The molecule has 3 heterocycles. The number of hydrogen-bond acceptors (Lipinski definition) is 5. The van der Waals surface area contributed by atoms with Gasteiger partial charge in [-0.05, 0) is 30.7 Å². The van der Waals surface area contributed by atoms with E-state index in [2.05, 4.69) is 20.3 Å². The zero-order valence-electron chi connectivity index (χ0n) is 14.9. The summed E-state index contributed by atoms with van der Waals surface area (Å²) < 4.78 is 0. The van der Waals surface area contributed by atoms with E-state index >= 15 is 0 Å². The molecule has 1 N–H and O–H groups in total. The molecule has 1 amide bonds. The number of fused-ring (bicyclic) bond motifs is 1. The normalized spacial score (nSPS) is 10.9. The standard InChI is InChI=1S/C21H17ClN4OS/c22-19-12-16(15-4-1-2-5-17(15)25-19)21(27)24-9-3-6-20-26-18(13-28-20)14-7-10-23-11-8-14/h1-2,4-5,7-8,10-13H,3,6,9H2,(H,24,27). The number of aryl methyl sites for hydroxylation is 1. The number of amides is 1. The van der Waals surface area contributed by atoms with Crippen LogP contribution in [0.15, 0.2) is 60.2 Å². The van der Waals surface area contributed by atoms with Crippen molar-refractivity contribution in [2.45, 2.75) is 12.8 Å². The van der Waals surface area contributed by atoms with Gasteiger partial charge in [0.15, 0.2) is 0 Å². The number of thiazole rings is 1. The van der Waals surface area contributed by atoms with Gasteiger partial charge in [0.1, 0.15) is 5.15 Å². The molecule has 28 heavy (non-hydrogen) atoms. The minimum absolute atomic E-state index is 0.142. The molecule has 0 bridgehead atoms. The van der Waals surface area contributed by atoms with Crippen molar-refractivity contribution in [1.82, 2.24) is 20.3 Å². The molecule has 0 spiro atoms. The highest BCUT2D eigenvalue weighted by atomic mass is 35.5. The van der Waals surface area contributed by atoms with Gasteiger partial charge in [0.25, 0.3) is 5.91 Å². The quantitative estimate of drug-likeness (QED) is 0.368. The Morgan fingerprint density at radius 3 is 2.79 bits per heavy atom. The molecule has 4 rings (SSSR count). The van der Waals surface area contributed by atoms with Crippen molar-refractivity contribution in [1.29, 1.82) is 0 Å². The summed E-state index contributed by atoms with van der Waals surface area (Å²) in [6, 6.07) is 13.0. The molecule has 0 aliphatic rings. The molecule has 0 saturated heterocycles. The van der Waals surface area contributed by atoms with Crippen LogP contribution in [-0.2, 0) is 6.42 Å². The molecule has 0 aliphatic heterocycles. The minimum atomic E-state index is -0.142. The number of carbonyl (C=O) groups excluding carboxylic acids is 1. The summed E-state index contributed by atoms with van der Waals surface area (Å²) in [4.78, 5) is 25.5. The summed E-state index contributed by atoms with van der Waals surface area (Å²) in [5.41, 5.74) is 3.29. The second kappa shape index (κ2) is 8.46. The van der Waals surface area contributed by atoms with Gasteiger partial charge in [-0.25, -0.2) is 9.97 Å². The van der Waals surface area contributed by atoms with Crippen LogP contribution in [0.5, 0.6) is 0 Å². The fraction of sp³-hybridized carbons (Fsp3) is 0.143. The molecule has 4 aromatic rings. The molecule has 0 saturated carbocycles. The number of aromatic nitrogens is 3. The van der Waals surface area contributed by atoms with E-state index in [9.17, 15) is 4.79 Å². The van der Waals surface area contributed by atoms with Crippen molar-refractivity contribution >= 4 is 39.7 Å². The number of pyridine rings is 2. The van der Waals surface area contributed by atoms with Crippen molar-refractivity contribution in [2.75, 3.05) is 6.54 Å². The molecule has 7 heteroatoms. The molecular weight excluding hydrogens is 392 g/mol. The SMILES string of the molecule is O=C(NCCCc1nc(-c2ccncc2)cs1)c1cc(Cl)nc2ccccc12. The highest BCUT2D eigenvalue weighted by Gasteiger charge is 2.12. The van der Waals surface area contributed by atoms with Gasteiger partial charge < -0.3 is 5.32 Å². The minimum Gasteiger partial charge on any atom is -0.352 e. The van der Waals surface area contributed by atoms with E-state index in [0.29, 0.717) is 22.8 Å². The lowest BCUT2D eigenvalue weighted by molar-refractivity contribution is 0.0955. The Labute approximate surface area is 171 Å². The summed E-state index contributed by atoms with van der Waals surface area (Å²) in [5, 5.41) is 7.19. The molecule has 0 aliphatic carbocycles. The fourth-order valence-corrected chi connectivity index (χ4v) is 4.00. The van der Waals surface area contributed by atoms with Crippen molar-refractivity contribution < 1.29 is 4.79 Å². The predicted molar refractivity (Wildman–Crippen MR) is 113 cm³/mol. The fourth-order valence-electron chi connectivity index (χ4n) is 2.95. The number of nitrogens with zero attached hydrogens (tertiary/aromatic N) is 3. The average molecular weight is 409 g/mol. The van der Waals surface area contributed by atoms with E-state index in [-0.39, 0.29) is 5.91 Å². The van der Waals surface area contributed by atoms with Gasteiger partial charge >= 0.3 is 0 Å². The van der Waals surface area contributed by atoms with Crippen molar-refractivity contribution in [3.05, 3.63) is 76.0 Å². The highest BCUT2D eigenvalue weighted by molar-refractivity contribution is 7.09. The Morgan fingerprint density at radius 1 is 1.11 bits per heavy atom. The van der Waals surface area contributed by atoms with Crippen LogP contribution in [0.3, 0.4) is 0 Å². The smallest absolute Gasteiger partial charge is 0.252 e. The van der Waals surface area contributed by atoms with Crippen LogP contribution in [0, 0.1) is 0 Å². The van der Waals surface area contributed by atoms with E-state index in [1.165, 1.54) is 0 Å². The third-order valence-electron chi connectivity index (χ3n) is 4.31. The van der Waals surface area contributed by atoms with E-state index in [0.717, 1.165) is 34.5 Å². The molecule has 1 aromatic carbocycles. The molecule has 0 atom stereocenters. The highest BCUT2D eigenvalue weighted by Crippen LogP contribution is 2.22.